The molecule has 8 rings (SSSR count). The molecule has 58 heavy (non-hydrogen) atoms. The number of hydrogen-bond acceptors (Lipinski definition) is 8. The number of aromatic nitrogens is 3. The number of likely N-dealkylation sites (tertiary alicyclic amines) is 2. The van der Waals surface area contributed by atoms with Crippen molar-refractivity contribution >= 4 is 45.9 Å². The van der Waals surface area contributed by atoms with Crippen molar-refractivity contribution in [2.45, 2.75) is 129 Å². The van der Waals surface area contributed by atoms with Crippen LogP contribution in [0.1, 0.15) is 114 Å². The number of nitrogens with one attached hydrogen (secondary N) is 2. The van der Waals surface area contributed by atoms with Crippen molar-refractivity contribution in [3.8, 4) is 11.3 Å². The minimum atomic E-state index is -1.48. The Morgan fingerprint density at radius 1 is 0.966 bits per heavy atom. The molecule has 12 nitrogen and oxygen atoms in total. The maximum atomic E-state index is 15.7. The molecule has 3 N–H and O–H groups in total. The summed E-state index contributed by atoms with van der Waals surface area (Å²) in [6.07, 6.45) is 8.25. The Bertz CT molecular complexity index is 2260. The third-order valence-corrected chi connectivity index (χ3v) is 12.8. The Labute approximate surface area is 340 Å². The number of aryl methyl sites for hydroxylation is 1. The molecule has 0 atom stereocenters. The smallest absolute Gasteiger partial charge is 0.253 e. The molecule has 1 saturated carbocycles. The van der Waals surface area contributed by atoms with Gasteiger partial charge in [0.25, 0.3) is 11.8 Å². The number of halogens is 1. The fourth-order valence-corrected chi connectivity index (χ4v) is 9.59. The molecule has 2 saturated heterocycles. The number of pyridine rings is 1. The number of carbonyl (C=O) groups is 3. The number of carbonyl (C=O) groups excluding carboxylic acids is 3. The molecule has 5 heterocycles. The van der Waals surface area contributed by atoms with Gasteiger partial charge in [-0.15, -0.1) is 0 Å². The van der Waals surface area contributed by atoms with E-state index in [9.17, 15) is 19.5 Å². The van der Waals surface area contributed by atoms with E-state index in [0.29, 0.717) is 65.6 Å². The van der Waals surface area contributed by atoms with Gasteiger partial charge in [-0.25, -0.2) is 14.4 Å². The zero-order valence-electron chi connectivity index (χ0n) is 34.9. The molecule has 0 unspecified atom stereocenters. The van der Waals surface area contributed by atoms with E-state index in [2.05, 4.69) is 27.7 Å². The average molecular weight is 793 g/mol. The van der Waals surface area contributed by atoms with Crippen molar-refractivity contribution in [2.24, 2.45) is 0 Å². The summed E-state index contributed by atoms with van der Waals surface area (Å²) in [7, 11) is 0. The first-order chi connectivity index (χ1) is 27.6. The van der Waals surface area contributed by atoms with Gasteiger partial charge in [0.15, 0.2) is 5.82 Å². The third kappa shape index (κ3) is 7.03. The summed E-state index contributed by atoms with van der Waals surface area (Å²) >= 11 is 0. The predicted octanol–water partition coefficient (Wildman–Crippen LogP) is 7.00. The van der Waals surface area contributed by atoms with E-state index in [1.165, 1.54) is 45.2 Å². The standard InChI is InChI=1S/C45H57FN8O4/c1-26(2)48-41(55)32-23-36(34(46)19-28(32)5)50-40-39-37(47-25-53(39)27(3)4)24-35(49-40)29-11-12-33-38(20-29)54(31-21-30(22-31)51-15-9-8-10-16-51)43(57)45(33)13-17-52(18-14-45)42(56)44(6,7)58/h11-12,19-20,23-27,30-31,58H,8-10,13-18,21-22H2,1-7H3,(H,48,55)(H,49,50)/t30-,31+. The molecule has 13 heteroatoms. The largest absolute Gasteiger partial charge is 0.381 e. The topological polar surface area (TPSA) is 136 Å². The molecule has 1 spiro atoms. The van der Waals surface area contributed by atoms with Gasteiger partial charge in [-0.05, 0) is 135 Å². The van der Waals surface area contributed by atoms with Gasteiger partial charge in [0.2, 0.25) is 5.91 Å². The molecule has 2 aromatic heterocycles. The highest BCUT2D eigenvalue weighted by atomic mass is 19.1. The second kappa shape index (κ2) is 15.1. The lowest BCUT2D eigenvalue weighted by Crippen LogP contribution is -2.59. The van der Waals surface area contributed by atoms with Crippen molar-refractivity contribution in [3.05, 3.63) is 65.2 Å². The summed E-state index contributed by atoms with van der Waals surface area (Å²) in [4.78, 5) is 57.3. The second-order valence-electron chi connectivity index (χ2n) is 18.1. The van der Waals surface area contributed by atoms with Crippen molar-refractivity contribution in [1.29, 1.82) is 0 Å². The first-order valence-electron chi connectivity index (χ1n) is 21.1. The Hall–Kier alpha value is -4.88. The molecule has 0 radical (unpaired) electrons. The summed E-state index contributed by atoms with van der Waals surface area (Å²) < 4.78 is 17.7. The molecule has 3 fully saturated rings. The first kappa shape index (κ1) is 39.9. The maximum Gasteiger partial charge on any atom is 0.253 e. The molecular weight excluding hydrogens is 736 g/mol. The van der Waals surface area contributed by atoms with Crippen LogP contribution in [-0.4, -0.2) is 97.1 Å². The molecule has 308 valence electrons. The van der Waals surface area contributed by atoms with Gasteiger partial charge in [0, 0.05) is 54.1 Å². The van der Waals surface area contributed by atoms with Crippen LogP contribution in [0.4, 0.5) is 21.6 Å². The minimum Gasteiger partial charge on any atom is -0.381 e. The van der Waals surface area contributed by atoms with Crippen molar-refractivity contribution in [3.63, 3.8) is 0 Å². The van der Waals surface area contributed by atoms with E-state index in [1.54, 1.807) is 18.2 Å². The Morgan fingerprint density at radius 2 is 1.67 bits per heavy atom. The van der Waals surface area contributed by atoms with Crippen LogP contribution in [0, 0.1) is 12.7 Å². The molecular formula is C45H57FN8O4. The zero-order chi connectivity index (χ0) is 41.3. The van der Waals surface area contributed by atoms with Gasteiger partial charge < -0.3 is 35.0 Å². The van der Waals surface area contributed by atoms with Crippen LogP contribution < -0.4 is 15.5 Å². The van der Waals surface area contributed by atoms with Crippen LogP contribution in [0.3, 0.4) is 0 Å². The molecule has 3 amide bonds. The summed E-state index contributed by atoms with van der Waals surface area (Å²) in [5.41, 5.74) is 3.38. The molecule has 0 bridgehead atoms. The number of amides is 3. The van der Waals surface area contributed by atoms with Gasteiger partial charge in [0.1, 0.15) is 16.9 Å². The molecule has 1 aliphatic carbocycles. The van der Waals surface area contributed by atoms with Gasteiger partial charge in [-0.1, -0.05) is 18.6 Å². The van der Waals surface area contributed by atoms with Crippen molar-refractivity contribution in [2.75, 3.05) is 36.4 Å². The predicted molar refractivity (Wildman–Crippen MR) is 224 cm³/mol. The highest BCUT2D eigenvalue weighted by Crippen LogP contribution is 2.52. The van der Waals surface area contributed by atoms with Crippen LogP contribution in [0.15, 0.2) is 42.7 Å². The number of aliphatic hydroxyl groups is 1. The zero-order valence-corrected chi connectivity index (χ0v) is 34.9. The number of anilines is 3. The fraction of sp³-hybridized carbons (Fsp3) is 0.533. The number of fused-ring (bicyclic) bond motifs is 3. The number of nitrogens with zero attached hydrogens (tertiary/aromatic N) is 6. The number of imidazole rings is 1. The van der Waals surface area contributed by atoms with E-state index in [-0.39, 0.29) is 41.5 Å². The van der Waals surface area contributed by atoms with Crippen LogP contribution in [-0.2, 0) is 15.0 Å². The van der Waals surface area contributed by atoms with E-state index in [0.717, 1.165) is 42.7 Å². The number of piperidine rings is 2. The third-order valence-electron chi connectivity index (χ3n) is 12.8. The van der Waals surface area contributed by atoms with Gasteiger partial charge >= 0.3 is 0 Å². The minimum absolute atomic E-state index is 0.0330. The second-order valence-corrected chi connectivity index (χ2v) is 18.1. The van der Waals surface area contributed by atoms with E-state index < -0.39 is 16.8 Å². The van der Waals surface area contributed by atoms with Gasteiger partial charge in [0.05, 0.1) is 28.6 Å². The molecule has 3 aliphatic heterocycles. The maximum absolute atomic E-state index is 15.7. The number of hydrogen-bond donors (Lipinski definition) is 3. The Kier molecular flexibility index (Phi) is 10.4. The highest BCUT2D eigenvalue weighted by molar-refractivity contribution is 6.09. The lowest BCUT2D eigenvalue weighted by Gasteiger charge is -2.48. The van der Waals surface area contributed by atoms with E-state index in [4.69, 9.17) is 9.97 Å². The molecule has 4 aliphatic rings. The Morgan fingerprint density at radius 3 is 2.33 bits per heavy atom. The molecule has 2 aromatic carbocycles. The Balaban J connectivity index is 1.18. The van der Waals surface area contributed by atoms with Crippen molar-refractivity contribution in [1.82, 2.24) is 29.7 Å². The number of rotatable bonds is 9. The van der Waals surface area contributed by atoms with Crippen LogP contribution in [0.25, 0.3) is 22.3 Å². The van der Waals surface area contributed by atoms with Gasteiger partial charge in [-0.3, -0.25) is 14.4 Å². The summed E-state index contributed by atoms with van der Waals surface area (Å²) in [6.45, 7) is 15.6. The summed E-state index contributed by atoms with van der Waals surface area (Å²) in [5.74, 6) is -0.632. The van der Waals surface area contributed by atoms with Crippen LogP contribution >= 0.6 is 0 Å². The van der Waals surface area contributed by atoms with E-state index >= 15 is 4.39 Å². The SMILES string of the molecule is Cc1cc(F)c(Nc2nc(-c3ccc4c(c3)N([C@H]3C[C@@H](N5CCCCC5)C3)C(=O)C43CCN(C(=O)C(C)(C)O)CC3)cc3ncn(C(C)C)c23)cc1C(=O)NC(C)C. The summed E-state index contributed by atoms with van der Waals surface area (Å²) in [5, 5.41) is 16.7. The van der Waals surface area contributed by atoms with E-state index in [1.807, 2.05) is 49.3 Å². The summed E-state index contributed by atoms with van der Waals surface area (Å²) in [6, 6.07) is 11.4. The normalized spacial score (nSPS) is 20.9. The van der Waals surface area contributed by atoms with Crippen LogP contribution in [0.2, 0.25) is 0 Å². The first-order valence-corrected chi connectivity index (χ1v) is 21.1. The quantitative estimate of drug-likeness (QED) is 0.165. The van der Waals surface area contributed by atoms with Gasteiger partial charge in [-0.2, -0.15) is 0 Å². The van der Waals surface area contributed by atoms with Crippen LogP contribution in [0.5, 0.6) is 0 Å². The lowest BCUT2D eigenvalue weighted by molar-refractivity contribution is -0.150. The monoisotopic (exact) mass is 792 g/mol. The average Bonchev–Trinajstić information content (AvgIpc) is 3.69. The molecule has 4 aromatic rings. The number of benzene rings is 2. The lowest BCUT2D eigenvalue weighted by atomic mass is 9.73. The fourth-order valence-electron chi connectivity index (χ4n) is 9.59. The van der Waals surface area contributed by atoms with Crippen molar-refractivity contribution < 1.29 is 23.9 Å². The highest BCUT2D eigenvalue weighted by Gasteiger charge is 2.56.